The van der Waals surface area contributed by atoms with E-state index < -0.39 is 11.6 Å². The summed E-state index contributed by atoms with van der Waals surface area (Å²) in [7, 11) is 0. The fourth-order valence-electron chi connectivity index (χ4n) is 5.26. The maximum absolute atomic E-state index is 14.9. The first-order valence-corrected chi connectivity index (χ1v) is 13.0. The maximum Gasteiger partial charge on any atom is 0.150 e. The van der Waals surface area contributed by atoms with Gasteiger partial charge in [-0.2, -0.15) is 0 Å². The third kappa shape index (κ3) is 5.49. The molecule has 2 aliphatic rings. The summed E-state index contributed by atoms with van der Waals surface area (Å²) in [6, 6.07) is 13.4. The van der Waals surface area contributed by atoms with E-state index in [1.54, 1.807) is 0 Å². The van der Waals surface area contributed by atoms with E-state index in [1.165, 1.54) is 17.7 Å². The summed E-state index contributed by atoms with van der Waals surface area (Å²) in [5.41, 5.74) is 5.67. The third-order valence-electron chi connectivity index (χ3n) is 7.25. The molecule has 1 saturated heterocycles. The van der Waals surface area contributed by atoms with Crippen LogP contribution in [0.25, 0.3) is 16.9 Å². The zero-order valence-electron chi connectivity index (χ0n) is 20.9. The molecule has 1 aliphatic carbocycles. The van der Waals surface area contributed by atoms with Crippen LogP contribution in [0.3, 0.4) is 0 Å². The summed E-state index contributed by atoms with van der Waals surface area (Å²) >= 11 is 6.12. The topological polar surface area (TPSA) is 11.4 Å². The van der Waals surface area contributed by atoms with Crippen LogP contribution in [0.2, 0.25) is 5.02 Å². The molecule has 0 saturated carbocycles. The Kier molecular flexibility index (Phi) is 7.42. The van der Waals surface area contributed by atoms with Gasteiger partial charge in [0, 0.05) is 56.1 Å². The average molecular weight is 508 g/mol. The van der Waals surface area contributed by atoms with E-state index >= 15 is 0 Å². The van der Waals surface area contributed by atoms with Crippen molar-refractivity contribution >= 4 is 11.6 Å². The molecule has 1 atom stereocenters. The fraction of sp³-hybridized carbons (Fsp3) is 0.333. The van der Waals surface area contributed by atoms with Crippen LogP contribution >= 0.6 is 11.6 Å². The summed E-state index contributed by atoms with van der Waals surface area (Å²) in [5.74, 6) is -0.537. The van der Waals surface area contributed by atoms with Gasteiger partial charge in [0.05, 0.1) is 11.4 Å². The van der Waals surface area contributed by atoms with Gasteiger partial charge in [-0.3, -0.25) is 9.80 Å². The molecule has 3 aromatic rings. The minimum absolute atomic E-state index is 0.345. The smallest absolute Gasteiger partial charge is 0.150 e. The normalized spacial score (nSPS) is 19.0. The maximum atomic E-state index is 14.9. The summed E-state index contributed by atoms with van der Waals surface area (Å²) in [4.78, 5) is 4.99. The Morgan fingerprint density at radius 1 is 0.917 bits per heavy atom. The SMILES string of the molecule is Cc1c(CN2CCN(CC3=CC(C)CC=C3)CC2)cc(-c2ccc(Cl)cc2)n1-c1ccc(F)cc1F. The van der Waals surface area contributed by atoms with Gasteiger partial charge >= 0.3 is 0 Å². The number of allylic oxidation sites excluding steroid dienone is 2. The second kappa shape index (κ2) is 10.7. The molecule has 1 aliphatic heterocycles. The van der Waals surface area contributed by atoms with Crippen LogP contribution < -0.4 is 0 Å². The van der Waals surface area contributed by atoms with Crippen molar-refractivity contribution in [1.82, 2.24) is 14.4 Å². The van der Waals surface area contributed by atoms with E-state index in [0.29, 0.717) is 16.6 Å². The first-order chi connectivity index (χ1) is 17.4. The number of benzene rings is 2. The molecule has 0 spiro atoms. The van der Waals surface area contributed by atoms with Crippen LogP contribution in [0, 0.1) is 24.5 Å². The number of piperazine rings is 1. The highest BCUT2D eigenvalue weighted by molar-refractivity contribution is 6.30. The molecule has 0 radical (unpaired) electrons. The van der Waals surface area contributed by atoms with Gasteiger partial charge in [0.2, 0.25) is 0 Å². The minimum Gasteiger partial charge on any atom is -0.311 e. The Morgan fingerprint density at radius 3 is 2.28 bits per heavy atom. The second-order valence-corrected chi connectivity index (χ2v) is 10.4. The molecule has 0 N–H and O–H groups in total. The van der Waals surface area contributed by atoms with E-state index in [4.69, 9.17) is 11.6 Å². The van der Waals surface area contributed by atoms with E-state index in [-0.39, 0.29) is 0 Å². The quantitative estimate of drug-likeness (QED) is 0.355. The van der Waals surface area contributed by atoms with Crippen LogP contribution in [-0.4, -0.2) is 47.1 Å². The van der Waals surface area contributed by atoms with Crippen molar-refractivity contribution in [2.75, 3.05) is 32.7 Å². The lowest BCUT2D eigenvalue weighted by Gasteiger charge is -2.35. The van der Waals surface area contributed by atoms with E-state index in [2.05, 4.69) is 41.0 Å². The van der Waals surface area contributed by atoms with Crippen molar-refractivity contribution in [3.05, 3.63) is 100 Å². The lowest BCUT2D eigenvalue weighted by Crippen LogP contribution is -2.46. The van der Waals surface area contributed by atoms with Crippen LogP contribution in [0.1, 0.15) is 24.6 Å². The number of aromatic nitrogens is 1. The molecule has 1 fully saturated rings. The zero-order valence-corrected chi connectivity index (χ0v) is 21.6. The van der Waals surface area contributed by atoms with Gasteiger partial charge in [0.1, 0.15) is 11.6 Å². The summed E-state index contributed by atoms with van der Waals surface area (Å²) in [5, 5.41) is 0.647. The first kappa shape index (κ1) is 24.9. The number of halogens is 3. The van der Waals surface area contributed by atoms with Gasteiger partial charge in [-0.1, -0.05) is 48.9 Å². The highest BCUT2D eigenvalue weighted by atomic mass is 35.5. The fourth-order valence-corrected chi connectivity index (χ4v) is 5.38. The molecular formula is C30H32ClF2N3. The third-order valence-corrected chi connectivity index (χ3v) is 7.50. The minimum atomic E-state index is -0.582. The monoisotopic (exact) mass is 507 g/mol. The molecule has 2 aromatic carbocycles. The van der Waals surface area contributed by atoms with Gasteiger partial charge in [-0.15, -0.1) is 0 Å². The predicted molar refractivity (Wildman–Crippen MR) is 144 cm³/mol. The van der Waals surface area contributed by atoms with E-state index in [9.17, 15) is 8.78 Å². The van der Waals surface area contributed by atoms with Crippen molar-refractivity contribution in [3.63, 3.8) is 0 Å². The molecule has 2 heterocycles. The molecule has 3 nitrogen and oxygen atoms in total. The van der Waals surface area contributed by atoms with Gasteiger partial charge in [-0.25, -0.2) is 8.78 Å². The van der Waals surface area contributed by atoms with Crippen molar-refractivity contribution in [3.8, 4) is 16.9 Å². The van der Waals surface area contributed by atoms with Crippen LogP contribution in [0.4, 0.5) is 8.78 Å². The Balaban J connectivity index is 1.37. The van der Waals surface area contributed by atoms with Gasteiger partial charge in [0.15, 0.2) is 0 Å². The Bertz CT molecular complexity index is 1280. The highest BCUT2D eigenvalue weighted by Crippen LogP contribution is 2.32. The summed E-state index contributed by atoms with van der Waals surface area (Å²) < 4.78 is 30.5. The lowest BCUT2D eigenvalue weighted by molar-refractivity contribution is 0.135. The first-order valence-electron chi connectivity index (χ1n) is 12.6. The molecule has 6 heteroatoms. The Labute approximate surface area is 217 Å². The largest absolute Gasteiger partial charge is 0.311 e. The van der Waals surface area contributed by atoms with Gasteiger partial charge in [-0.05, 0) is 66.3 Å². The van der Waals surface area contributed by atoms with Crippen molar-refractivity contribution in [2.24, 2.45) is 5.92 Å². The van der Waals surface area contributed by atoms with Crippen LogP contribution in [0.5, 0.6) is 0 Å². The second-order valence-electron chi connectivity index (χ2n) is 9.99. The van der Waals surface area contributed by atoms with Crippen LogP contribution in [-0.2, 0) is 6.54 Å². The average Bonchev–Trinajstić information content (AvgIpc) is 3.16. The van der Waals surface area contributed by atoms with E-state index in [1.807, 2.05) is 35.8 Å². The molecular weight excluding hydrogens is 476 g/mol. The summed E-state index contributed by atoms with van der Waals surface area (Å²) in [6.45, 7) is 10.1. The summed E-state index contributed by atoms with van der Waals surface area (Å²) in [6.07, 6.45) is 8.08. The molecule has 36 heavy (non-hydrogen) atoms. The van der Waals surface area contributed by atoms with Gasteiger partial charge < -0.3 is 4.57 Å². The molecule has 0 bridgehead atoms. The number of hydrogen-bond acceptors (Lipinski definition) is 2. The van der Waals surface area contributed by atoms with Gasteiger partial charge in [0.25, 0.3) is 0 Å². The van der Waals surface area contributed by atoms with Crippen molar-refractivity contribution in [2.45, 2.75) is 26.8 Å². The van der Waals surface area contributed by atoms with Crippen molar-refractivity contribution < 1.29 is 8.78 Å². The standard InChI is InChI=1S/C30H32ClF2N3/c1-21-4-3-5-23(16-21)19-34-12-14-35(15-13-34)20-25-17-30(24-6-8-26(31)9-7-24)36(22(25)2)29-11-10-27(32)18-28(29)33/h3,5-11,16-18,21H,4,12-15,19-20H2,1-2H3. The Hall–Kier alpha value is -2.73. The van der Waals surface area contributed by atoms with Crippen molar-refractivity contribution in [1.29, 1.82) is 0 Å². The zero-order chi connectivity index (χ0) is 25.2. The molecule has 5 rings (SSSR count). The molecule has 1 unspecified atom stereocenters. The number of rotatable bonds is 6. The molecule has 1 aromatic heterocycles. The molecule has 188 valence electrons. The predicted octanol–water partition coefficient (Wildman–Crippen LogP) is 7.02. The van der Waals surface area contributed by atoms with E-state index in [0.717, 1.165) is 74.3 Å². The number of hydrogen-bond donors (Lipinski definition) is 0. The van der Waals surface area contributed by atoms with Crippen LogP contribution in [0.15, 0.2) is 72.3 Å². The molecule has 0 amide bonds. The number of nitrogens with zero attached hydrogens (tertiary/aromatic N) is 3. The highest BCUT2D eigenvalue weighted by Gasteiger charge is 2.22. The lowest BCUT2D eigenvalue weighted by atomic mass is 9.97. The Morgan fingerprint density at radius 2 is 1.61 bits per heavy atom.